The number of piperidine rings is 1. The lowest BCUT2D eigenvalue weighted by Crippen LogP contribution is -2.36. The SMILES string of the molecule is O=C[B]N1CCC(c2ncc(-c3ccc4nc5c(n4c3)[C@@H](c3ccccc3CC(F)F)C[C@H]5O)cn2)CC1. The van der Waals surface area contributed by atoms with Crippen molar-refractivity contribution < 1.29 is 18.7 Å². The molecule has 4 heterocycles. The molecule has 6 rings (SSSR count). The van der Waals surface area contributed by atoms with E-state index in [0.29, 0.717) is 23.3 Å². The van der Waals surface area contributed by atoms with Crippen LogP contribution in [-0.4, -0.2) is 62.4 Å². The average Bonchev–Trinajstić information content (AvgIpc) is 3.46. The molecule has 1 aliphatic heterocycles. The van der Waals surface area contributed by atoms with E-state index in [1.54, 1.807) is 19.5 Å². The molecule has 193 valence electrons. The number of pyridine rings is 1. The predicted molar refractivity (Wildman–Crippen MR) is 140 cm³/mol. The summed E-state index contributed by atoms with van der Waals surface area (Å²) in [6.45, 7) is 1.62. The van der Waals surface area contributed by atoms with Gasteiger partial charge in [0.1, 0.15) is 11.5 Å². The van der Waals surface area contributed by atoms with E-state index in [2.05, 4.69) is 15.0 Å². The zero-order valence-electron chi connectivity index (χ0n) is 20.8. The molecule has 1 aromatic carbocycles. The van der Waals surface area contributed by atoms with Crippen LogP contribution >= 0.6 is 0 Å². The molecule has 10 heteroatoms. The van der Waals surface area contributed by atoms with Gasteiger partial charge in [-0.1, -0.05) is 24.3 Å². The minimum atomic E-state index is -2.44. The van der Waals surface area contributed by atoms with E-state index in [0.717, 1.165) is 60.3 Å². The first kappa shape index (κ1) is 24.8. The van der Waals surface area contributed by atoms with Gasteiger partial charge in [-0.2, -0.15) is 0 Å². The maximum atomic E-state index is 13.3. The largest absolute Gasteiger partial charge is 0.387 e. The van der Waals surface area contributed by atoms with Crippen LogP contribution in [0.4, 0.5) is 8.78 Å². The smallest absolute Gasteiger partial charge is 0.293 e. The molecule has 2 aliphatic rings. The summed E-state index contributed by atoms with van der Waals surface area (Å²) >= 11 is 0. The Bertz CT molecular complexity index is 1450. The molecule has 1 radical (unpaired) electrons. The minimum Gasteiger partial charge on any atom is -0.387 e. The number of hydrogen-bond acceptors (Lipinski definition) is 6. The standard InChI is InChI=1S/C28H27BF2N5O2/c30-24(31)11-18-3-1-2-4-21(18)22-12-23(38)26-27(22)36-15-19(5-6-25(36)34-26)20-13-32-28(33-14-20)17-7-9-35(10-8-17)29-16-37/h1-6,13-17,22-24,38H,7-12H2/t22-,23-/m1/s1. The van der Waals surface area contributed by atoms with Crippen molar-refractivity contribution in [3.63, 3.8) is 0 Å². The molecule has 1 aliphatic carbocycles. The number of hydrogen-bond donors (Lipinski definition) is 1. The highest BCUT2D eigenvalue weighted by Gasteiger charge is 2.37. The van der Waals surface area contributed by atoms with E-state index in [-0.39, 0.29) is 18.3 Å². The molecule has 0 saturated carbocycles. The minimum absolute atomic E-state index is 0.235. The molecule has 1 fully saturated rings. The van der Waals surface area contributed by atoms with Crippen LogP contribution in [0.2, 0.25) is 0 Å². The van der Waals surface area contributed by atoms with Gasteiger partial charge in [-0.15, -0.1) is 0 Å². The summed E-state index contributed by atoms with van der Waals surface area (Å²) in [5.74, 6) is 0.833. The number of aliphatic hydroxyl groups is 1. The Kier molecular flexibility index (Phi) is 6.76. The van der Waals surface area contributed by atoms with Crippen LogP contribution in [0.1, 0.15) is 65.5 Å². The highest BCUT2D eigenvalue weighted by Crippen LogP contribution is 2.45. The monoisotopic (exact) mass is 514 g/mol. The summed E-state index contributed by atoms with van der Waals surface area (Å²) in [5.41, 5.74) is 5.31. The van der Waals surface area contributed by atoms with E-state index in [9.17, 15) is 18.7 Å². The Morgan fingerprint density at radius 3 is 2.58 bits per heavy atom. The zero-order chi connectivity index (χ0) is 26.2. The topological polar surface area (TPSA) is 83.6 Å². The number of carbonyl (C=O) groups excluding carboxylic acids is 1. The number of benzene rings is 1. The van der Waals surface area contributed by atoms with Crippen molar-refractivity contribution in [3.8, 4) is 11.1 Å². The molecule has 2 atom stereocenters. The first-order valence-electron chi connectivity index (χ1n) is 12.9. The van der Waals surface area contributed by atoms with Gasteiger partial charge >= 0.3 is 0 Å². The summed E-state index contributed by atoms with van der Waals surface area (Å²) < 4.78 is 28.6. The van der Waals surface area contributed by atoms with Crippen LogP contribution in [0.5, 0.6) is 0 Å². The molecule has 0 spiro atoms. The summed E-state index contributed by atoms with van der Waals surface area (Å²) in [5, 5.41) is 10.8. The molecule has 0 bridgehead atoms. The molecule has 1 N–H and O–H groups in total. The van der Waals surface area contributed by atoms with E-state index < -0.39 is 12.5 Å². The Labute approximate surface area is 219 Å². The highest BCUT2D eigenvalue weighted by atomic mass is 19.3. The van der Waals surface area contributed by atoms with Crippen molar-refractivity contribution in [2.45, 2.75) is 50.0 Å². The van der Waals surface area contributed by atoms with Gasteiger partial charge in [0.2, 0.25) is 6.43 Å². The Hall–Kier alpha value is -3.50. The van der Waals surface area contributed by atoms with Gasteiger partial charge in [0.05, 0.1) is 23.7 Å². The van der Waals surface area contributed by atoms with Crippen LogP contribution in [0.25, 0.3) is 16.8 Å². The normalized spacial score (nSPS) is 20.2. The first-order chi connectivity index (χ1) is 18.5. The molecule has 38 heavy (non-hydrogen) atoms. The average molecular weight is 514 g/mol. The molecular formula is C28H27BF2N5O2. The molecule has 4 aromatic rings. The number of carbonyl (C=O) groups is 1. The number of imidazole rings is 1. The number of alkyl halides is 2. The summed E-state index contributed by atoms with van der Waals surface area (Å²) in [6.07, 6.45) is 5.13. The van der Waals surface area contributed by atoms with E-state index in [4.69, 9.17) is 0 Å². The second kappa shape index (κ2) is 10.3. The van der Waals surface area contributed by atoms with Crippen molar-refractivity contribution in [2.75, 3.05) is 13.1 Å². The number of aromatic nitrogens is 4. The number of rotatable bonds is 7. The lowest BCUT2D eigenvalue weighted by molar-refractivity contribution is 0.148. The molecule has 3 aromatic heterocycles. The van der Waals surface area contributed by atoms with Crippen LogP contribution in [-0.2, 0) is 11.2 Å². The summed E-state index contributed by atoms with van der Waals surface area (Å²) in [4.78, 5) is 26.7. The van der Waals surface area contributed by atoms with Crippen molar-refractivity contribution in [2.24, 2.45) is 0 Å². The van der Waals surface area contributed by atoms with Crippen molar-refractivity contribution in [1.82, 2.24) is 24.2 Å². The van der Waals surface area contributed by atoms with Crippen molar-refractivity contribution in [3.05, 3.63) is 83.3 Å². The summed E-state index contributed by atoms with van der Waals surface area (Å²) in [6, 6.07) is 11.1. The Morgan fingerprint density at radius 2 is 1.84 bits per heavy atom. The van der Waals surface area contributed by atoms with Crippen molar-refractivity contribution in [1.29, 1.82) is 0 Å². The molecule has 7 nitrogen and oxygen atoms in total. The van der Waals surface area contributed by atoms with Crippen LogP contribution in [0, 0.1) is 0 Å². The maximum Gasteiger partial charge on any atom is 0.293 e. The maximum absolute atomic E-state index is 13.3. The second-order valence-corrected chi connectivity index (χ2v) is 10.1. The van der Waals surface area contributed by atoms with Gasteiger partial charge in [-0.3, -0.25) is 0 Å². The van der Waals surface area contributed by atoms with Gasteiger partial charge in [0, 0.05) is 48.0 Å². The van der Waals surface area contributed by atoms with Gasteiger partial charge in [-0.05, 0) is 55.6 Å². The summed E-state index contributed by atoms with van der Waals surface area (Å²) in [7, 11) is 1.59. The number of fused-ring (bicyclic) bond motifs is 3. The van der Waals surface area contributed by atoms with E-state index >= 15 is 0 Å². The fraction of sp³-hybridized carbons (Fsp3) is 0.357. The molecular weight excluding hydrogens is 487 g/mol. The Morgan fingerprint density at radius 1 is 1.08 bits per heavy atom. The lowest BCUT2D eigenvalue weighted by atomic mass is 9.87. The number of aliphatic hydroxyl groups excluding tert-OH is 1. The molecule has 0 unspecified atom stereocenters. The van der Waals surface area contributed by atoms with E-state index in [1.807, 2.05) is 52.1 Å². The molecule has 0 amide bonds. The first-order valence-corrected chi connectivity index (χ1v) is 12.9. The van der Waals surface area contributed by atoms with Crippen LogP contribution < -0.4 is 0 Å². The van der Waals surface area contributed by atoms with Crippen LogP contribution in [0.15, 0.2) is 55.0 Å². The van der Waals surface area contributed by atoms with E-state index in [1.165, 1.54) is 0 Å². The third kappa shape index (κ3) is 4.63. The third-order valence-electron chi connectivity index (χ3n) is 7.76. The van der Waals surface area contributed by atoms with Gasteiger partial charge in [0.25, 0.3) is 7.41 Å². The number of nitrogens with zero attached hydrogens (tertiary/aromatic N) is 5. The fourth-order valence-corrected chi connectivity index (χ4v) is 5.88. The predicted octanol–water partition coefficient (Wildman–Crippen LogP) is 4.16. The number of halogens is 2. The highest BCUT2D eigenvalue weighted by molar-refractivity contribution is 6.64. The second-order valence-electron chi connectivity index (χ2n) is 10.1. The van der Waals surface area contributed by atoms with Gasteiger partial charge in [0.15, 0.2) is 0 Å². The van der Waals surface area contributed by atoms with Gasteiger partial charge in [-0.25, -0.2) is 23.7 Å². The Balaban J connectivity index is 1.30. The van der Waals surface area contributed by atoms with Crippen molar-refractivity contribution >= 4 is 19.2 Å². The fourth-order valence-electron chi connectivity index (χ4n) is 5.88. The lowest BCUT2D eigenvalue weighted by Gasteiger charge is -2.29. The van der Waals surface area contributed by atoms with Gasteiger partial charge < -0.3 is 19.1 Å². The zero-order valence-corrected chi connectivity index (χ0v) is 20.8. The quantitative estimate of drug-likeness (QED) is 0.295. The van der Waals surface area contributed by atoms with Crippen LogP contribution in [0.3, 0.4) is 0 Å². The third-order valence-corrected chi connectivity index (χ3v) is 7.76. The molecule has 1 saturated heterocycles.